The molecule has 0 saturated heterocycles. The first-order valence-electron chi connectivity index (χ1n) is 4.56. The number of ketones is 1. The molecular formula is C10H21NO3. The molecule has 14 heavy (non-hydrogen) atoms. The molecule has 0 heterocycles. The molecule has 0 spiro atoms. The minimum atomic E-state index is -0.791. The molecular weight excluding hydrogens is 182 g/mol. The number of carbonyl (C=O) groups is 1. The Kier molecular flexibility index (Phi) is 11.4. The van der Waals surface area contributed by atoms with Crippen molar-refractivity contribution in [3.05, 3.63) is 12.3 Å². The molecule has 0 N–H and O–H groups in total. The van der Waals surface area contributed by atoms with E-state index in [9.17, 15) is 4.79 Å². The molecule has 0 bridgehead atoms. The SMILES string of the molecule is CC.COC(OC)C(=O)/C=C/N(C)C. The van der Waals surface area contributed by atoms with Crippen molar-refractivity contribution in [2.24, 2.45) is 0 Å². The van der Waals surface area contributed by atoms with Crippen LogP contribution in [0.1, 0.15) is 13.8 Å². The topological polar surface area (TPSA) is 38.8 Å². The summed E-state index contributed by atoms with van der Waals surface area (Å²) in [6.07, 6.45) is 2.27. The van der Waals surface area contributed by atoms with Gasteiger partial charge in [-0.3, -0.25) is 4.79 Å². The molecule has 0 aromatic heterocycles. The first-order valence-corrected chi connectivity index (χ1v) is 4.56. The molecule has 0 radical (unpaired) electrons. The fourth-order valence-corrected chi connectivity index (χ4v) is 0.630. The Balaban J connectivity index is 0. The molecule has 0 aromatic carbocycles. The second-order valence-electron chi connectivity index (χ2n) is 2.49. The smallest absolute Gasteiger partial charge is 0.221 e. The lowest BCUT2D eigenvalue weighted by Gasteiger charge is -2.09. The highest BCUT2D eigenvalue weighted by Gasteiger charge is 2.12. The highest BCUT2D eigenvalue weighted by atomic mass is 16.7. The zero-order chi connectivity index (χ0) is 11.6. The van der Waals surface area contributed by atoms with E-state index in [-0.39, 0.29) is 5.78 Å². The van der Waals surface area contributed by atoms with Crippen LogP contribution < -0.4 is 0 Å². The van der Waals surface area contributed by atoms with Crippen LogP contribution in [0, 0.1) is 0 Å². The molecule has 0 aliphatic rings. The maximum absolute atomic E-state index is 11.1. The third-order valence-corrected chi connectivity index (χ3v) is 1.20. The van der Waals surface area contributed by atoms with Crippen LogP contribution in [0.4, 0.5) is 0 Å². The van der Waals surface area contributed by atoms with Crippen LogP contribution in [0.3, 0.4) is 0 Å². The van der Waals surface area contributed by atoms with Gasteiger partial charge >= 0.3 is 0 Å². The van der Waals surface area contributed by atoms with Crippen LogP contribution in [0.15, 0.2) is 12.3 Å². The number of hydrogen-bond donors (Lipinski definition) is 0. The van der Waals surface area contributed by atoms with Crippen molar-refractivity contribution in [3.63, 3.8) is 0 Å². The second-order valence-corrected chi connectivity index (χ2v) is 2.49. The van der Waals surface area contributed by atoms with Gasteiger partial charge in [0.2, 0.25) is 12.1 Å². The van der Waals surface area contributed by atoms with Gasteiger partial charge in [-0.2, -0.15) is 0 Å². The maximum atomic E-state index is 11.1. The Morgan fingerprint density at radius 3 is 1.93 bits per heavy atom. The summed E-state index contributed by atoms with van der Waals surface area (Å²) in [5.74, 6) is -0.200. The van der Waals surface area contributed by atoms with Gasteiger partial charge in [0.25, 0.3) is 0 Å². The van der Waals surface area contributed by atoms with Crippen LogP contribution in [0.5, 0.6) is 0 Å². The van der Waals surface area contributed by atoms with Gasteiger partial charge in [-0.15, -0.1) is 0 Å². The van der Waals surface area contributed by atoms with Crippen LogP contribution in [0.25, 0.3) is 0 Å². The van der Waals surface area contributed by atoms with Crippen molar-refractivity contribution in [2.45, 2.75) is 20.1 Å². The summed E-state index contributed by atoms with van der Waals surface area (Å²) in [7, 11) is 6.52. The lowest BCUT2D eigenvalue weighted by atomic mass is 10.3. The summed E-state index contributed by atoms with van der Waals surface area (Å²) in [4.78, 5) is 12.9. The van der Waals surface area contributed by atoms with Gasteiger partial charge in [0.15, 0.2) is 0 Å². The fourth-order valence-electron chi connectivity index (χ4n) is 0.630. The second kappa shape index (κ2) is 10.2. The minimum Gasteiger partial charge on any atom is -0.383 e. The van der Waals surface area contributed by atoms with Crippen molar-refractivity contribution < 1.29 is 14.3 Å². The number of hydrogen-bond acceptors (Lipinski definition) is 4. The summed E-state index contributed by atoms with van der Waals surface area (Å²) < 4.78 is 9.50. The Morgan fingerprint density at radius 2 is 1.64 bits per heavy atom. The molecule has 0 amide bonds. The van der Waals surface area contributed by atoms with Gasteiger partial charge in [0, 0.05) is 40.6 Å². The number of nitrogens with zero attached hydrogens (tertiary/aromatic N) is 1. The van der Waals surface area contributed by atoms with E-state index in [0.717, 1.165) is 0 Å². The third-order valence-electron chi connectivity index (χ3n) is 1.20. The summed E-state index contributed by atoms with van der Waals surface area (Å²) in [6, 6.07) is 0. The summed E-state index contributed by atoms with van der Waals surface area (Å²) in [5.41, 5.74) is 0. The van der Waals surface area contributed by atoms with E-state index in [1.165, 1.54) is 20.3 Å². The number of ether oxygens (including phenoxy) is 2. The summed E-state index contributed by atoms with van der Waals surface area (Å²) >= 11 is 0. The molecule has 0 aliphatic heterocycles. The predicted molar refractivity (Wildman–Crippen MR) is 57.0 cm³/mol. The lowest BCUT2D eigenvalue weighted by molar-refractivity contribution is -0.151. The average molecular weight is 203 g/mol. The van der Waals surface area contributed by atoms with Gasteiger partial charge < -0.3 is 14.4 Å². The molecule has 0 rings (SSSR count). The first-order chi connectivity index (χ1) is 6.61. The monoisotopic (exact) mass is 203 g/mol. The molecule has 0 aromatic rings. The standard InChI is InChI=1S/C8H15NO3.C2H6/c1-9(2)6-5-7(10)8(11-3)12-4;1-2/h5-6,8H,1-4H3;1-2H3/b6-5+;. The van der Waals surface area contributed by atoms with E-state index in [0.29, 0.717) is 0 Å². The van der Waals surface area contributed by atoms with E-state index in [1.807, 2.05) is 27.9 Å². The van der Waals surface area contributed by atoms with Gasteiger partial charge in [-0.1, -0.05) is 13.8 Å². The lowest BCUT2D eigenvalue weighted by Crippen LogP contribution is -2.23. The maximum Gasteiger partial charge on any atom is 0.221 e. The predicted octanol–water partition coefficient (Wildman–Crippen LogP) is 1.28. The van der Waals surface area contributed by atoms with Gasteiger partial charge in [-0.25, -0.2) is 0 Å². The van der Waals surface area contributed by atoms with Crippen molar-refractivity contribution >= 4 is 5.78 Å². The third kappa shape index (κ3) is 7.76. The Morgan fingerprint density at radius 1 is 1.21 bits per heavy atom. The van der Waals surface area contributed by atoms with Crippen LogP contribution >= 0.6 is 0 Å². The molecule has 0 saturated carbocycles. The number of rotatable bonds is 5. The highest BCUT2D eigenvalue weighted by Crippen LogP contribution is 1.94. The first kappa shape index (κ1) is 15.6. The van der Waals surface area contributed by atoms with Crippen LogP contribution in [0.2, 0.25) is 0 Å². The van der Waals surface area contributed by atoms with Crippen molar-refractivity contribution in [1.82, 2.24) is 4.90 Å². The summed E-state index contributed by atoms with van der Waals surface area (Å²) in [6.45, 7) is 4.00. The van der Waals surface area contributed by atoms with Gasteiger partial charge in [-0.05, 0) is 0 Å². The largest absolute Gasteiger partial charge is 0.383 e. The minimum absolute atomic E-state index is 0.200. The molecule has 0 aliphatic carbocycles. The van der Waals surface area contributed by atoms with Gasteiger partial charge in [0.1, 0.15) is 0 Å². The van der Waals surface area contributed by atoms with Crippen LogP contribution in [-0.4, -0.2) is 45.3 Å². The normalized spacial score (nSPS) is 9.93. The molecule has 0 unspecified atom stereocenters. The quantitative estimate of drug-likeness (QED) is 0.498. The Hall–Kier alpha value is -0.870. The highest BCUT2D eigenvalue weighted by molar-refractivity contribution is 5.92. The average Bonchev–Trinajstić information content (AvgIpc) is 2.19. The zero-order valence-electron chi connectivity index (χ0n) is 9.90. The molecule has 0 fully saturated rings. The van der Waals surface area contributed by atoms with Crippen molar-refractivity contribution in [1.29, 1.82) is 0 Å². The van der Waals surface area contributed by atoms with E-state index >= 15 is 0 Å². The Bertz CT molecular complexity index is 163. The molecule has 4 nitrogen and oxygen atoms in total. The van der Waals surface area contributed by atoms with E-state index in [4.69, 9.17) is 9.47 Å². The Labute approximate surface area is 86.5 Å². The molecule has 84 valence electrons. The van der Waals surface area contributed by atoms with Crippen LogP contribution in [-0.2, 0) is 14.3 Å². The fraction of sp³-hybridized carbons (Fsp3) is 0.700. The van der Waals surface area contributed by atoms with E-state index in [1.54, 1.807) is 11.1 Å². The molecule has 0 atom stereocenters. The number of carbonyl (C=O) groups excluding carboxylic acids is 1. The van der Waals surface area contributed by atoms with Gasteiger partial charge in [0.05, 0.1) is 0 Å². The molecule has 4 heteroatoms. The van der Waals surface area contributed by atoms with E-state index < -0.39 is 6.29 Å². The van der Waals surface area contributed by atoms with Crippen molar-refractivity contribution in [2.75, 3.05) is 28.3 Å². The number of methoxy groups -OCH3 is 2. The van der Waals surface area contributed by atoms with Crippen molar-refractivity contribution in [3.8, 4) is 0 Å². The zero-order valence-corrected chi connectivity index (χ0v) is 9.90. The summed E-state index contributed by atoms with van der Waals surface area (Å²) in [5, 5.41) is 0. The van der Waals surface area contributed by atoms with E-state index in [2.05, 4.69) is 0 Å².